The molecule has 0 bridgehead atoms. The Morgan fingerprint density at radius 1 is 1.31 bits per heavy atom. The number of sulfonamides is 1. The number of thiazole rings is 1. The summed E-state index contributed by atoms with van der Waals surface area (Å²) in [6, 6.07) is 8.48. The third-order valence-electron chi connectivity index (χ3n) is 6.86. The van der Waals surface area contributed by atoms with E-state index in [1.165, 1.54) is 5.51 Å². The molecule has 9 nitrogen and oxygen atoms in total. The first-order valence-electron chi connectivity index (χ1n) is 11.8. The number of rotatable bonds is 10. The molecule has 14 heteroatoms. The number of nitrogens with one attached hydrogen (secondary N) is 1. The Kier molecular flexibility index (Phi) is 8.61. The Morgan fingerprint density at radius 3 is 2.56 bits per heavy atom. The van der Waals surface area contributed by atoms with Crippen LogP contribution in [0.2, 0.25) is 0 Å². The highest BCUT2D eigenvalue weighted by molar-refractivity contribution is 9.10. The summed E-state index contributed by atoms with van der Waals surface area (Å²) in [7, 11) is -3.46. The second kappa shape index (κ2) is 11.5. The number of hydrogen-bond acceptors (Lipinski definition) is 8. The van der Waals surface area contributed by atoms with Crippen LogP contribution in [0.1, 0.15) is 25.0 Å². The Hall–Kier alpha value is -2.65. The second-order valence-electron chi connectivity index (χ2n) is 9.58. The van der Waals surface area contributed by atoms with Gasteiger partial charge in [0.1, 0.15) is 5.82 Å². The Labute approximate surface area is 237 Å². The van der Waals surface area contributed by atoms with E-state index in [4.69, 9.17) is 4.74 Å². The van der Waals surface area contributed by atoms with E-state index in [0.29, 0.717) is 12.5 Å². The van der Waals surface area contributed by atoms with Gasteiger partial charge in [0.15, 0.2) is 16.5 Å². The van der Waals surface area contributed by atoms with Crippen molar-refractivity contribution < 1.29 is 31.8 Å². The quantitative estimate of drug-likeness (QED) is 0.277. The van der Waals surface area contributed by atoms with Crippen LogP contribution in [0.15, 0.2) is 50.6 Å². The van der Waals surface area contributed by atoms with Crippen molar-refractivity contribution in [3.8, 4) is 0 Å². The summed E-state index contributed by atoms with van der Waals surface area (Å²) in [6.45, 7) is 6.80. The molecule has 1 amide bonds. The normalized spacial score (nSPS) is 14.7. The zero-order chi connectivity index (χ0) is 28.5. The molecule has 2 aromatic carbocycles. The number of ether oxygens (including phenoxy) is 1. The lowest BCUT2D eigenvalue weighted by molar-refractivity contribution is -0.0901. The minimum atomic E-state index is -5.17. The molecule has 0 saturated carbocycles. The maximum atomic E-state index is 15.3. The molecule has 0 unspecified atom stereocenters. The lowest BCUT2D eigenvalue weighted by atomic mass is 9.84. The van der Waals surface area contributed by atoms with Crippen molar-refractivity contribution in [2.45, 2.75) is 37.4 Å². The number of methoxy groups -OCH3 is 1. The van der Waals surface area contributed by atoms with Crippen LogP contribution in [0.3, 0.4) is 0 Å². The van der Waals surface area contributed by atoms with E-state index in [1.807, 2.05) is 24.3 Å². The molecule has 0 spiro atoms. The monoisotopic (exact) mass is 644 g/mol. The van der Waals surface area contributed by atoms with Crippen LogP contribution in [0.25, 0.3) is 0 Å². The van der Waals surface area contributed by atoms with E-state index in [1.54, 1.807) is 7.11 Å². The van der Waals surface area contributed by atoms with Crippen LogP contribution in [0.4, 0.5) is 25.1 Å². The number of aromatic nitrogens is 1. The maximum absolute atomic E-state index is 15.3. The average Bonchev–Trinajstić information content (AvgIpc) is 3.36. The SMILES string of the molecule is COC(C)(C)C1CN(Cc2ccccc2CNc2cc(F)c(S(=O)(=O)N(C(=O)O)c3cscn3)c(F)c2Br)C1. The van der Waals surface area contributed by atoms with Crippen LogP contribution in [-0.4, -0.2) is 55.3 Å². The number of benzene rings is 2. The van der Waals surface area contributed by atoms with Gasteiger partial charge in [0.25, 0.3) is 10.0 Å². The summed E-state index contributed by atoms with van der Waals surface area (Å²) in [5.74, 6) is -2.97. The van der Waals surface area contributed by atoms with Crippen LogP contribution in [0, 0.1) is 17.6 Å². The van der Waals surface area contributed by atoms with Crippen LogP contribution >= 0.6 is 27.3 Å². The number of hydrogen-bond donors (Lipinski definition) is 2. The second-order valence-corrected chi connectivity index (χ2v) is 12.8. The van der Waals surface area contributed by atoms with E-state index in [2.05, 4.69) is 45.0 Å². The van der Waals surface area contributed by atoms with Gasteiger partial charge in [-0.25, -0.2) is 27.0 Å². The van der Waals surface area contributed by atoms with Crippen molar-refractivity contribution in [3.05, 3.63) is 68.5 Å². The molecule has 0 atom stereocenters. The van der Waals surface area contributed by atoms with E-state index >= 15 is 8.78 Å². The molecular weight excluding hydrogens is 618 g/mol. The van der Waals surface area contributed by atoms with Crippen LogP contribution in [-0.2, 0) is 27.8 Å². The molecule has 1 aliphatic rings. The van der Waals surface area contributed by atoms with E-state index in [9.17, 15) is 18.3 Å². The molecule has 3 aromatic rings. The molecule has 2 heterocycles. The standard InChI is InChI=1S/C25H27BrF2N4O5S2/c1-25(2,37-3)17-11-31(12-17)10-16-7-5-4-6-15(16)9-29-19-8-18(27)23(22(28)21(19)26)39(35,36)32(24(33)34)20-13-38-14-30-20/h4-8,13-14,17,29H,9-12H2,1-3H3,(H,33,34). The Bertz CT molecular complexity index is 1470. The van der Waals surface area contributed by atoms with Gasteiger partial charge in [0.05, 0.1) is 21.3 Å². The summed E-state index contributed by atoms with van der Waals surface area (Å²) < 4.78 is 61.5. The highest BCUT2D eigenvalue weighted by Crippen LogP contribution is 2.36. The molecule has 0 radical (unpaired) electrons. The van der Waals surface area contributed by atoms with Crippen LogP contribution in [0.5, 0.6) is 0 Å². The van der Waals surface area contributed by atoms with Crippen molar-refractivity contribution in [1.82, 2.24) is 9.88 Å². The van der Waals surface area contributed by atoms with Crippen molar-refractivity contribution in [3.63, 3.8) is 0 Å². The fourth-order valence-corrected chi connectivity index (χ4v) is 6.82. The molecule has 2 N–H and O–H groups in total. The lowest BCUT2D eigenvalue weighted by Crippen LogP contribution is -2.55. The molecule has 1 aromatic heterocycles. The van der Waals surface area contributed by atoms with Crippen LogP contribution < -0.4 is 9.62 Å². The summed E-state index contributed by atoms with van der Waals surface area (Å²) in [5.41, 5.74) is 2.90. The predicted octanol–water partition coefficient (Wildman–Crippen LogP) is 5.53. The first-order chi connectivity index (χ1) is 18.4. The largest absolute Gasteiger partial charge is 0.464 e. The molecule has 0 aliphatic carbocycles. The number of carboxylic acid groups (broad SMARTS) is 1. The van der Waals surface area contributed by atoms with E-state index < -0.39 is 38.5 Å². The average molecular weight is 646 g/mol. The number of likely N-dealkylation sites (tertiary alicyclic amines) is 1. The van der Waals surface area contributed by atoms with Gasteiger partial charge in [-0.05, 0) is 47.0 Å². The summed E-state index contributed by atoms with van der Waals surface area (Å²) in [5, 5.41) is 13.6. The van der Waals surface area contributed by atoms with Gasteiger partial charge in [-0.15, -0.1) is 15.6 Å². The minimum absolute atomic E-state index is 0.0276. The number of amides is 1. The molecule has 1 fully saturated rings. The molecule has 1 aliphatic heterocycles. The van der Waals surface area contributed by atoms with Crippen molar-refractivity contribution in [2.24, 2.45) is 5.92 Å². The molecule has 39 heavy (non-hydrogen) atoms. The fraction of sp³-hybridized carbons (Fsp3) is 0.360. The van der Waals surface area contributed by atoms with Crippen molar-refractivity contribution in [2.75, 3.05) is 29.8 Å². The lowest BCUT2D eigenvalue weighted by Gasteiger charge is -2.47. The summed E-state index contributed by atoms with van der Waals surface area (Å²) in [6.07, 6.45) is -1.95. The third kappa shape index (κ3) is 5.94. The van der Waals surface area contributed by atoms with Gasteiger partial charge >= 0.3 is 6.09 Å². The number of anilines is 2. The van der Waals surface area contributed by atoms with Gasteiger partial charge in [-0.1, -0.05) is 24.3 Å². The predicted molar refractivity (Wildman–Crippen MR) is 147 cm³/mol. The zero-order valence-corrected chi connectivity index (χ0v) is 24.5. The zero-order valence-electron chi connectivity index (χ0n) is 21.3. The maximum Gasteiger partial charge on any atom is 0.427 e. The third-order valence-corrected chi connectivity index (χ3v) is 9.93. The van der Waals surface area contributed by atoms with Gasteiger partial charge < -0.3 is 15.2 Å². The van der Waals surface area contributed by atoms with Gasteiger partial charge in [0, 0.05) is 44.6 Å². The fourth-order valence-electron chi connectivity index (χ4n) is 4.29. The van der Waals surface area contributed by atoms with Gasteiger partial charge in [-0.3, -0.25) is 4.90 Å². The Balaban J connectivity index is 1.53. The smallest absolute Gasteiger partial charge is 0.427 e. The highest BCUT2D eigenvalue weighted by atomic mass is 79.9. The van der Waals surface area contributed by atoms with E-state index in [0.717, 1.165) is 47.0 Å². The Morgan fingerprint density at radius 2 is 1.97 bits per heavy atom. The summed E-state index contributed by atoms with van der Waals surface area (Å²) >= 11 is 3.94. The van der Waals surface area contributed by atoms with Gasteiger partial charge in [0.2, 0.25) is 0 Å². The van der Waals surface area contributed by atoms with Crippen molar-refractivity contribution >= 4 is 54.9 Å². The summed E-state index contributed by atoms with van der Waals surface area (Å²) in [4.78, 5) is 16.2. The number of carbonyl (C=O) groups is 1. The van der Waals surface area contributed by atoms with Crippen molar-refractivity contribution in [1.29, 1.82) is 0 Å². The first kappa shape index (κ1) is 29.3. The topological polar surface area (TPSA) is 112 Å². The van der Waals surface area contributed by atoms with Gasteiger partial charge in [-0.2, -0.15) is 0 Å². The molecular formula is C25H27BrF2N4O5S2. The highest BCUT2D eigenvalue weighted by Gasteiger charge is 2.40. The number of halogens is 3. The van der Waals surface area contributed by atoms with E-state index in [-0.39, 0.29) is 26.6 Å². The number of nitrogens with zero attached hydrogens (tertiary/aromatic N) is 3. The molecule has 1 saturated heterocycles. The minimum Gasteiger partial charge on any atom is -0.464 e. The molecule has 210 valence electrons. The molecule has 4 rings (SSSR count). The first-order valence-corrected chi connectivity index (χ1v) is 15.0.